The van der Waals surface area contributed by atoms with Gasteiger partial charge in [-0.3, -0.25) is 9.59 Å². The second kappa shape index (κ2) is 7.94. The fraction of sp³-hybridized carbons (Fsp3) is 0.588. The lowest BCUT2D eigenvalue weighted by Gasteiger charge is -2.37. The van der Waals surface area contributed by atoms with Crippen molar-refractivity contribution in [3.8, 4) is 0 Å². The summed E-state index contributed by atoms with van der Waals surface area (Å²) in [6, 6.07) is 0. The fourth-order valence-electron chi connectivity index (χ4n) is 3.01. The van der Waals surface area contributed by atoms with Gasteiger partial charge in [0.25, 0.3) is 0 Å². The minimum absolute atomic E-state index is 0.110. The number of rotatable bonds is 6. The molecule has 1 rings (SSSR count). The molecule has 23 heavy (non-hydrogen) atoms. The largest absolute Gasteiger partial charge is 0.468 e. The second-order valence-corrected chi connectivity index (χ2v) is 5.77. The molecular formula is C17H24O6. The van der Waals surface area contributed by atoms with E-state index in [1.165, 1.54) is 21.3 Å². The predicted octanol–water partition coefficient (Wildman–Crippen LogP) is 2.18. The van der Waals surface area contributed by atoms with Crippen molar-refractivity contribution in [1.82, 2.24) is 0 Å². The van der Waals surface area contributed by atoms with Gasteiger partial charge >= 0.3 is 17.9 Å². The predicted molar refractivity (Wildman–Crippen MR) is 83.3 cm³/mol. The molecule has 0 bridgehead atoms. The minimum Gasteiger partial charge on any atom is -0.468 e. The Morgan fingerprint density at radius 1 is 1.13 bits per heavy atom. The highest BCUT2D eigenvalue weighted by Gasteiger charge is 2.51. The molecule has 1 aliphatic carbocycles. The van der Waals surface area contributed by atoms with Crippen LogP contribution in [0.15, 0.2) is 24.3 Å². The summed E-state index contributed by atoms with van der Waals surface area (Å²) in [5.41, 5.74) is -0.126. The van der Waals surface area contributed by atoms with E-state index in [1.807, 2.05) is 0 Å². The maximum Gasteiger partial charge on any atom is 0.333 e. The molecule has 6 heteroatoms. The number of methoxy groups -OCH3 is 3. The molecule has 1 unspecified atom stereocenters. The van der Waals surface area contributed by atoms with Gasteiger partial charge in [-0.05, 0) is 38.0 Å². The van der Waals surface area contributed by atoms with Gasteiger partial charge in [0, 0.05) is 5.57 Å². The lowest BCUT2D eigenvalue weighted by molar-refractivity contribution is -0.171. The first-order valence-electron chi connectivity index (χ1n) is 7.43. The van der Waals surface area contributed by atoms with E-state index >= 15 is 0 Å². The van der Waals surface area contributed by atoms with Crippen LogP contribution >= 0.6 is 0 Å². The molecule has 0 heterocycles. The Morgan fingerprint density at radius 3 is 2.13 bits per heavy atom. The molecule has 1 aliphatic rings. The quantitative estimate of drug-likeness (QED) is 0.245. The molecule has 0 N–H and O–H groups in total. The molecule has 0 saturated heterocycles. The number of esters is 3. The van der Waals surface area contributed by atoms with Crippen LogP contribution in [0.5, 0.6) is 0 Å². The zero-order valence-electron chi connectivity index (χ0n) is 14.0. The smallest absolute Gasteiger partial charge is 0.333 e. The maximum atomic E-state index is 12.1. The van der Waals surface area contributed by atoms with Crippen molar-refractivity contribution in [2.24, 2.45) is 11.3 Å². The van der Waals surface area contributed by atoms with Crippen LogP contribution in [0, 0.1) is 11.3 Å². The van der Waals surface area contributed by atoms with Gasteiger partial charge in [0.1, 0.15) is 0 Å². The number of hydrogen-bond donors (Lipinski definition) is 0. The van der Waals surface area contributed by atoms with Gasteiger partial charge in [0.05, 0.1) is 21.3 Å². The first kappa shape index (κ1) is 18.9. The van der Waals surface area contributed by atoms with E-state index in [4.69, 9.17) is 9.47 Å². The highest BCUT2D eigenvalue weighted by molar-refractivity contribution is 6.00. The van der Waals surface area contributed by atoms with Crippen LogP contribution in [0.4, 0.5) is 0 Å². The average molecular weight is 324 g/mol. The Hall–Kier alpha value is -2.11. The van der Waals surface area contributed by atoms with Gasteiger partial charge in [0.15, 0.2) is 5.41 Å². The normalized spacial score (nSPS) is 19.6. The van der Waals surface area contributed by atoms with E-state index < -0.39 is 23.3 Å². The summed E-state index contributed by atoms with van der Waals surface area (Å²) in [6.07, 6.45) is 2.28. The van der Waals surface area contributed by atoms with E-state index in [1.54, 1.807) is 0 Å². The lowest BCUT2D eigenvalue weighted by Crippen LogP contribution is -2.44. The summed E-state index contributed by atoms with van der Waals surface area (Å²) in [4.78, 5) is 35.6. The van der Waals surface area contributed by atoms with Crippen molar-refractivity contribution in [3.63, 3.8) is 0 Å². The van der Waals surface area contributed by atoms with Crippen LogP contribution in [0.1, 0.15) is 32.1 Å². The van der Waals surface area contributed by atoms with Crippen molar-refractivity contribution in [3.05, 3.63) is 24.3 Å². The van der Waals surface area contributed by atoms with Gasteiger partial charge in [-0.2, -0.15) is 0 Å². The molecule has 0 aromatic rings. The first-order chi connectivity index (χ1) is 10.8. The Kier molecular flexibility index (Phi) is 6.54. The van der Waals surface area contributed by atoms with Crippen molar-refractivity contribution in [2.45, 2.75) is 32.1 Å². The molecule has 1 saturated carbocycles. The highest BCUT2D eigenvalue weighted by Crippen LogP contribution is 2.45. The summed E-state index contributed by atoms with van der Waals surface area (Å²) in [5, 5.41) is 0. The molecule has 0 aliphatic heterocycles. The van der Waals surface area contributed by atoms with Gasteiger partial charge in [-0.25, -0.2) is 4.79 Å². The molecule has 0 amide bonds. The van der Waals surface area contributed by atoms with Crippen LogP contribution < -0.4 is 0 Å². The zero-order valence-corrected chi connectivity index (χ0v) is 14.0. The molecular weight excluding hydrogens is 300 g/mol. The van der Waals surface area contributed by atoms with Crippen LogP contribution in [0.2, 0.25) is 0 Å². The van der Waals surface area contributed by atoms with E-state index in [0.29, 0.717) is 31.3 Å². The molecule has 1 fully saturated rings. The summed E-state index contributed by atoms with van der Waals surface area (Å²) in [7, 11) is 3.82. The standard InChI is InChI=1S/C17H24O6/c1-11(14(18)21-3)6-7-13-8-9-17(10-12(13)2,15(19)22-4)16(20)23-5/h13H,1-2,6-10H2,3-5H3. The third kappa shape index (κ3) is 4.00. The van der Waals surface area contributed by atoms with E-state index in [-0.39, 0.29) is 12.3 Å². The van der Waals surface area contributed by atoms with Gasteiger partial charge in [-0.15, -0.1) is 0 Å². The number of hydrogen-bond acceptors (Lipinski definition) is 6. The Labute approximate surface area is 136 Å². The lowest BCUT2D eigenvalue weighted by atomic mass is 9.67. The highest BCUT2D eigenvalue weighted by atomic mass is 16.5. The van der Waals surface area contributed by atoms with Crippen molar-refractivity contribution < 1.29 is 28.6 Å². The summed E-state index contributed by atoms with van der Waals surface area (Å²) in [5.74, 6) is -1.51. The molecule has 0 aromatic heterocycles. The van der Waals surface area contributed by atoms with E-state index in [0.717, 1.165) is 5.57 Å². The van der Waals surface area contributed by atoms with Crippen molar-refractivity contribution in [1.29, 1.82) is 0 Å². The summed E-state index contributed by atoms with van der Waals surface area (Å²) in [6.45, 7) is 7.70. The Balaban J connectivity index is 2.76. The number of allylic oxidation sites excluding steroid dienone is 1. The van der Waals surface area contributed by atoms with Crippen LogP contribution in [-0.2, 0) is 28.6 Å². The third-order valence-corrected chi connectivity index (χ3v) is 4.45. The molecule has 0 radical (unpaired) electrons. The third-order valence-electron chi connectivity index (χ3n) is 4.45. The maximum absolute atomic E-state index is 12.1. The molecule has 0 aromatic carbocycles. The SMILES string of the molecule is C=C(CCC1CCC(C(=O)OC)(C(=O)OC)CC1=C)C(=O)OC. The Bertz CT molecular complexity index is 503. The zero-order chi connectivity index (χ0) is 17.6. The number of ether oxygens (including phenoxy) is 3. The van der Waals surface area contributed by atoms with Crippen LogP contribution in [-0.4, -0.2) is 39.2 Å². The molecule has 1 atom stereocenters. The number of carbonyl (C=O) groups is 3. The molecule has 0 spiro atoms. The van der Waals surface area contributed by atoms with Gasteiger partial charge in [-0.1, -0.05) is 18.7 Å². The minimum atomic E-state index is -1.31. The second-order valence-electron chi connectivity index (χ2n) is 5.77. The van der Waals surface area contributed by atoms with Gasteiger partial charge < -0.3 is 14.2 Å². The fourth-order valence-corrected chi connectivity index (χ4v) is 3.01. The number of carbonyl (C=O) groups excluding carboxylic acids is 3. The van der Waals surface area contributed by atoms with E-state index in [2.05, 4.69) is 17.9 Å². The summed E-state index contributed by atoms with van der Waals surface area (Å²) < 4.78 is 14.2. The van der Waals surface area contributed by atoms with Gasteiger partial charge in [0.2, 0.25) is 0 Å². The van der Waals surface area contributed by atoms with E-state index in [9.17, 15) is 14.4 Å². The molecule has 128 valence electrons. The Morgan fingerprint density at radius 2 is 1.70 bits per heavy atom. The topological polar surface area (TPSA) is 78.9 Å². The summed E-state index contributed by atoms with van der Waals surface area (Å²) >= 11 is 0. The van der Waals surface area contributed by atoms with Crippen molar-refractivity contribution >= 4 is 17.9 Å². The van der Waals surface area contributed by atoms with Crippen molar-refractivity contribution in [2.75, 3.05) is 21.3 Å². The van der Waals surface area contributed by atoms with Crippen LogP contribution in [0.25, 0.3) is 0 Å². The van der Waals surface area contributed by atoms with Crippen LogP contribution in [0.3, 0.4) is 0 Å². The average Bonchev–Trinajstić information content (AvgIpc) is 2.57. The molecule has 6 nitrogen and oxygen atoms in total. The monoisotopic (exact) mass is 324 g/mol. The first-order valence-corrected chi connectivity index (χ1v) is 7.43.